The maximum Gasteiger partial charge on any atom is 0.393 e. The largest absolute Gasteiger partial charge is 0.393 e. The molecule has 7 aliphatic rings. The molecule has 4 saturated carbocycles. The molecule has 0 bridgehead atoms. The maximum atomic E-state index is 15.7. The summed E-state index contributed by atoms with van der Waals surface area (Å²) in [5.74, 6) is -13.8. The number of carbonyl (C=O) groups excluding carboxylic acids is 12. The van der Waals surface area contributed by atoms with Crippen LogP contribution in [0.4, 0.5) is 26.3 Å². The van der Waals surface area contributed by atoms with E-state index in [4.69, 9.17) is 16.3 Å². The van der Waals surface area contributed by atoms with Crippen LogP contribution in [0, 0.1) is 35.5 Å². The Bertz CT molecular complexity index is 3050. The third-order valence-electron chi connectivity index (χ3n) is 23.6. The minimum atomic E-state index is -4.55. The summed E-state index contributed by atoms with van der Waals surface area (Å²) in [4.78, 5) is 191. The van der Waals surface area contributed by atoms with Crippen LogP contribution in [0.3, 0.4) is 0 Å². The first-order valence-electron chi connectivity index (χ1n) is 38.2. The van der Waals surface area contributed by atoms with Gasteiger partial charge in [0.1, 0.15) is 47.8 Å². The molecule has 32 heteroatoms. The Balaban J connectivity index is 1.29. The summed E-state index contributed by atoms with van der Waals surface area (Å²) in [7, 11) is 8.21. The van der Waals surface area contributed by atoms with Gasteiger partial charge in [-0.15, -0.1) is 11.6 Å². The molecule has 3 heterocycles. The molecule has 0 radical (unpaired) electrons. The average Bonchev–Trinajstić information content (AvgIpc) is 1.73. The van der Waals surface area contributed by atoms with E-state index < -0.39 is 198 Å². The number of hydrogen-bond acceptors (Lipinski definition) is 13. The summed E-state index contributed by atoms with van der Waals surface area (Å²) in [5.41, 5.74) is -1.61. The van der Waals surface area contributed by atoms with E-state index in [1.165, 1.54) is 71.7 Å². The first-order chi connectivity index (χ1) is 49.5. The highest BCUT2D eigenvalue weighted by atomic mass is 35.5. The van der Waals surface area contributed by atoms with Gasteiger partial charge < -0.3 is 64.8 Å². The third-order valence-corrected chi connectivity index (χ3v) is 24.1. The van der Waals surface area contributed by atoms with E-state index in [-0.39, 0.29) is 136 Å². The number of amides is 12. The average molecular weight is 1520 g/mol. The van der Waals surface area contributed by atoms with Crippen molar-refractivity contribution < 1.29 is 88.6 Å². The second-order valence-electron chi connectivity index (χ2n) is 30.9. The zero-order chi connectivity index (χ0) is 77.6. The van der Waals surface area contributed by atoms with Crippen LogP contribution in [0.25, 0.3) is 0 Å². The quantitative estimate of drug-likeness (QED) is 0.136. The van der Waals surface area contributed by atoms with Crippen LogP contribution < -0.4 is 16.0 Å². The van der Waals surface area contributed by atoms with Crippen molar-refractivity contribution >= 4 is 82.5 Å². The molecule has 3 unspecified atom stereocenters. The van der Waals surface area contributed by atoms with E-state index in [1.807, 2.05) is 0 Å². The number of rotatable bonds is 13. The van der Waals surface area contributed by atoms with Crippen LogP contribution >= 0.6 is 11.6 Å². The molecule has 105 heavy (non-hydrogen) atoms. The molecule has 0 aromatic heterocycles. The Morgan fingerprint density at radius 1 is 0.600 bits per heavy atom. The van der Waals surface area contributed by atoms with Gasteiger partial charge in [0.15, 0.2) is 0 Å². The molecule has 594 valence electrons. The lowest BCUT2D eigenvalue weighted by Gasteiger charge is -2.42. The van der Waals surface area contributed by atoms with Crippen LogP contribution in [0.2, 0.25) is 0 Å². The van der Waals surface area contributed by atoms with E-state index in [0.717, 1.165) is 14.7 Å². The van der Waals surface area contributed by atoms with Gasteiger partial charge in [0, 0.05) is 73.8 Å². The SMILES string of the molecule is CCC[C@H]1C(=O)N[C@@H]([C@@H](C)CC)C(=O)N(C)CC(=O)N(C)CC(=O)N(CCC)[C@@H](CC2CCC(C(F)(F)F)CC2)C(=O)N(C)CC(=O)N[C@@H](CCC2CCC(C(F)(F)F)C(Cl)C2)C(=O)N2CCC[C@H]2C(=O)NC2(CCCC2)C(=O)N(C)[C@@H](C2CCCC2)C(=O)N(C)[C@H](C(=O)N2CCOCC2)CC(=O)N1C. The molecule has 12 amide bonds. The van der Waals surface area contributed by atoms with Gasteiger partial charge in [0.2, 0.25) is 70.9 Å². The maximum absolute atomic E-state index is 15.7. The van der Waals surface area contributed by atoms with Crippen LogP contribution in [-0.2, 0) is 62.3 Å². The first kappa shape index (κ1) is 85.7. The number of halogens is 7. The highest BCUT2D eigenvalue weighted by molar-refractivity contribution is 6.21. The van der Waals surface area contributed by atoms with Gasteiger partial charge >= 0.3 is 12.4 Å². The molecule has 7 rings (SSSR count). The molecule has 3 N–H and O–H groups in total. The number of fused-ring (bicyclic) bond motifs is 1. The standard InChI is InChI=1S/C73H115ClF6N12O13/c1-11-19-53-63(97)82-61(45(4)13-3)68(102)86(7)43-59(95)84(5)44-60(96)91(33-12-2)56(40-47-23-27-49(28-24-47)72(75,76)77)66(100)85(6)42-57(93)81-52(30-26-46-25-29-50(51(74)39-46)73(78,79)80)65(99)92-34-18-22-54(92)64(98)83-71(31-16-17-32-71)70(104)89(10)62(48-20-14-15-21-48)69(103)88(9)55(41-58(94)87(53)8)67(101)90-35-37-105-38-36-90/h45-56,61-62H,11-44H2,1-10H3,(H,81,93)(H,82,97)(H,83,98)/t45-,46?,47?,49?,50?,51?,52-,53-,54-,55-,56-,61-,62-/m0/s1. The smallest absolute Gasteiger partial charge is 0.378 e. The van der Waals surface area contributed by atoms with Gasteiger partial charge in [0.05, 0.1) is 51.1 Å². The predicted octanol–water partition coefficient (Wildman–Crippen LogP) is 6.26. The Morgan fingerprint density at radius 3 is 1.81 bits per heavy atom. The molecule has 7 fully saturated rings. The fourth-order valence-corrected chi connectivity index (χ4v) is 17.5. The van der Waals surface area contributed by atoms with Crippen molar-refractivity contribution in [3.63, 3.8) is 0 Å². The topological polar surface area (TPSA) is 279 Å². The summed E-state index contributed by atoms with van der Waals surface area (Å²) in [6.07, 6.45) is -5.24. The first-order valence-corrected chi connectivity index (χ1v) is 38.6. The number of nitrogens with zero attached hydrogens (tertiary/aromatic N) is 9. The van der Waals surface area contributed by atoms with Gasteiger partial charge in [-0.25, -0.2) is 0 Å². The van der Waals surface area contributed by atoms with Crippen LogP contribution in [0.15, 0.2) is 0 Å². The Morgan fingerprint density at radius 2 is 1.22 bits per heavy atom. The number of carbonyl (C=O) groups is 12. The molecule has 3 saturated heterocycles. The fourth-order valence-electron chi connectivity index (χ4n) is 16.9. The minimum Gasteiger partial charge on any atom is -0.378 e. The highest BCUT2D eigenvalue weighted by Gasteiger charge is 2.53. The van der Waals surface area contributed by atoms with Crippen molar-refractivity contribution in [3.05, 3.63) is 0 Å². The zero-order valence-electron chi connectivity index (χ0n) is 63.1. The van der Waals surface area contributed by atoms with Crippen molar-refractivity contribution in [2.45, 2.75) is 254 Å². The van der Waals surface area contributed by atoms with Gasteiger partial charge in [-0.3, -0.25) is 57.5 Å². The van der Waals surface area contributed by atoms with E-state index in [1.54, 1.807) is 27.7 Å². The minimum absolute atomic E-state index is 0.00478. The molecule has 4 aliphatic carbocycles. The van der Waals surface area contributed by atoms with Crippen LogP contribution in [-0.4, -0.2) is 282 Å². The normalized spacial score (nSPS) is 30.5. The number of hydrogen-bond donors (Lipinski definition) is 3. The van der Waals surface area contributed by atoms with E-state index in [9.17, 15) is 59.9 Å². The Labute approximate surface area is 619 Å². The zero-order valence-corrected chi connectivity index (χ0v) is 63.9. The van der Waals surface area contributed by atoms with Gasteiger partial charge in [-0.05, 0) is 139 Å². The lowest BCUT2D eigenvalue weighted by Crippen LogP contribution is -2.65. The monoisotopic (exact) mass is 1520 g/mol. The van der Waals surface area contributed by atoms with Crippen molar-refractivity contribution in [2.75, 3.05) is 101 Å². The fraction of sp³-hybridized carbons (Fsp3) is 0.836. The Kier molecular flexibility index (Phi) is 31.0. The van der Waals surface area contributed by atoms with E-state index in [2.05, 4.69) is 16.0 Å². The molecule has 3 aliphatic heterocycles. The number of ether oxygens (including phenoxy) is 1. The van der Waals surface area contributed by atoms with E-state index in [0.29, 0.717) is 57.8 Å². The summed E-state index contributed by atoms with van der Waals surface area (Å²) in [6, 6.07) is -9.23. The van der Waals surface area contributed by atoms with Crippen LogP contribution in [0.1, 0.15) is 188 Å². The summed E-state index contributed by atoms with van der Waals surface area (Å²) in [6.45, 7) is 5.56. The van der Waals surface area contributed by atoms with Crippen LogP contribution in [0.5, 0.6) is 0 Å². The molecular formula is C73H115ClF6N12O13. The van der Waals surface area contributed by atoms with Crippen molar-refractivity contribution in [2.24, 2.45) is 35.5 Å². The second kappa shape index (κ2) is 38.0. The lowest BCUT2D eigenvalue weighted by atomic mass is 9.78. The Hall–Kier alpha value is -6.53. The summed E-state index contributed by atoms with van der Waals surface area (Å²) >= 11 is 6.40. The van der Waals surface area contributed by atoms with Gasteiger partial charge in [0.25, 0.3) is 0 Å². The van der Waals surface area contributed by atoms with Crippen molar-refractivity contribution in [1.29, 1.82) is 0 Å². The van der Waals surface area contributed by atoms with Crippen molar-refractivity contribution in [3.8, 4) is 0 Å². The predicted molar refractivity (Wildman–Crippen MR) is 377 cm³/mol. The van der Waals surface area contributed by atoms with Gasteiger partial charge in [-0.2, -0.15) is 26.3 Å². The number of morpholine rings is 1. The number of likely N-dealkylation sites (N-methyl/N-ethyl adjacent to an activating group) is 6. The number of alkyl halides is 7. The molecular weight excluding hydrogens is 1400 g/mol. The third kappa shape index (κ3) is 21.7. The molecule has 11 atom stereocenters. The van der Waals surface area contributed by atoms with E-state index >= 15 is 24.0 Å². The highest BCUT2D eigenvalue weighted by Crippen LogP contribution is 2.45. The molecule has 1 spiro atoms. The number of nitrogens with one attached hydrogen (secondary N) is 3. The second-order valence-corrected chi connectivity index (χ2v) is 31.5. The van der Waals surface area contributed by atoms with Gasteiger partial charge in [-0.1, -0.05) is 66.2 Å². The molecule has 0 aromatic rings. The molecule has 0 aromatic carbocycles. The lowest BCUT2D eigenvalue weighted by molar-refractivity contribution is -0.184. The summed E-state index contributed by atoms with van der Waals surface area (Å²) < 4.78 is 89.8. The van der Waals surface area contributed by atoms with Crippen molar-refractivity contribution in [1.82, 2.24) is 60.0 Å². The summed E-state index contributed by atoms with van der Waals surface area (Å²) in [5, 5.41) is 7.39. The molecule has 25 nitrogen and oxygen atoms in total.